The molecule has 0 aromatic carbocycles. The second kappa shape index (κ2) is 12.4. The Balaban J connectivity index is 0.00000529. The average molecular weight is 363 g/mol. The van der Waals surface area contributed by atoms with Crippen molar-refractivity contribution >= 4 is 24.3 Å². The molecule has 1 fully saturated rings. The number of amides is 3. The predicted molar refractivity (Wildman–Crippen MR) is 100 cm³/mol. The van der Waals surface area contributed by atoms with Gasteiger partial charge < -0.3 is 21.7 Å². The minimum Gasteiger partial charge on any atom is -0.350 e. The van der Waals surface area contributed by atoms with E-state index in [4.69, 9.17) is 5.73 Å². The molecule has 1 rings (SSSR count). The molecule has 3 amide bonds. The zero-order chi connectivity index (χ0) is 17.1. The van der Waals surface area contributed by atoms with Gasteiger partial charge in [0.1, 0.15) is 0 Å². The van der Waals surface area contributed by atoms with Gasteiger partial charge in [-0.3, -0.25) is 4.79 Å². The highest BCUT2D eigenvalue weighted by molar-refractivity contribution is 5.85. The van der Waals surface area contributed by atoms with Crippen LogP contribution < -0.4 is 21.7 Å². The lowest BCUT2D eigenvalue weighted by molar-refractivity contribution is -0.122. The highest BCUT2D eigenvalue weighted by atomic mass is 35.5. The van der Waals surface area contributed by atoms with E-state index in [1.807, 2.05) is 13.8 Å². The minimum atomic E-state index is -0.337. The summed E-state index contributed by atoms with van der Waals surface area (Å²) in [6, 6.07) is 0.290. The van der Waals surface area contributed by atoms with Crippen LogP contribution in [0.4, 0.5) is 4.79 Å². The molecule has 0 aliphatic heterocycles. The molecule has 7 heteroatoms. The van der Waals surface area contributed by atoms with Crippen molar-refractivity contribution < 1.29 is 9.59 Å². The Morgan fingerprint density at radius 2 is 1.75 bits per heavy atom. The van der Waals surface area contributed by atoms with Gasteiger partial charge in [-0.05, 0) is 39.5 Å². The van der Waals surface area contributed by atoms with Crippen molar-refractivity contribution in [1.29, 1.82) is 0 Å². The number of nitrogens with one attached hydrogen (secondary N) is 3. The zero-order valence-electron chi connectivity index (χ0n) is 15.2. The van der Waals surface area contributed by atoms with Crippen LogP contribution in [0.1, 0.15) is 71.6 Å². The van der Waals surface area contributed by atoms with Gasteiger partial charge in [0, 0.05) is 31.1 Å². The summed E-state index contributed by atoms with van der Waals surface area (Å²) in [6.45, 7) is 4.92. The van der Waals surface area contributed by atoms with Crippen molar-refractivity contribution in [3.8, 4) is 0 Å². The lowest BCUT2D eigenvalue weighted by atomic mass is 9.96. The molecule has 1 aliphatic rings. The van der Waals surface area contributed by atoms with Crippen LogP contribution in [-0.2, 0) is 4.79 Å². The molecule has 24 heavy (non-hydrogen) atoms. The summed E-state index contributed by atoms with van der Waals surface area (Å²) in [4.78, 5) is 23.5. The second-order valence-electron chi connectivity index (χ2n) is 7.18. The van der Waals surface area contributed by atoms with E-state index in [1.165, 1.54) is 19.3 Å². The van der Waals surface area contributed by atoms with Crippen LogP contribution in [0, 0.1) is 0 Å². The third kappa shape index (κ3) is 10.7. The van der Waals surface area contributed by atoms with Crippen molar-refractivity contribution in [2.45, 2.75) is 83.2 Å². The summed E-state index contributed by atoms with van der Waals surface area (Å²) in [5, 5.41) is 8.85. The fourth-order valence-electron chi connectivity index (χ4n) is 2.76. The minimum absolute atomic E-state index is 0. The first-order valence-corrected chi connectivity index (χ1v) is 8.98. The summed E-state index contributed by atoms with van der Waals surface area (Å²) in [5.41, 5.74) is 5.25. The van der Waals surface area contributed by atoms with Gasteiger partial charge in [-0.15, -0.1) is 12.4 Å². The second-order valence-corrected chi connectivity index (χ2v) is 7.18. The summed E-state index contributed by atoms with van der Waals surface area (Å²) in [6.07, 6.45) is 9.09. The SMILES string of the molecule is CC(C)(CN)NC(=O)CCCCCNC(=O)NC1CCCCC1.Cl. The Morgan fingerprint density at radius 1 is 1.08 bits per heavy atom. The third-order valence-electron chi connectivity index (χ3n) is 4.29. The van der Waals surface area contributed by atoms with Crippen LogP contribution in [0.3, 0.4) is 0 Å². The smallest absolute Gasteiger partial charge is 0.315 e. The maximum Gasteiger partial charge on any atom is 0.315 e. The Hall–Kier alpha value is -1.01. The molecule has 1 aliphatic carbocycles. The highest BCUT2D eigenvalue weighted by Crippen LogP contribution is 2.17. The molecule has 142 valence electrons. The topological polar surface area (TPSA) is 96.2 Å². The summed E-state index contributed by atoms with van der Waals surface area (Å²) in [5.74, 6) is 0.0449. The van der Waals surface area contributed by atoms with Gasteiger partial charge in [0.05, 0.1) is 0 Å². The van der Waals surface area contributed by atoms with Crippen LogP contribution in [0.15, 0.2) is 0 Å². The number of carbonyl (C=O) groups is 2. The number of halogens is 1. The predicted octanol–water partition coefficient (Wildman–Crippen LogP) is 2.45. The molecule has 0 atom stereocenters. The molecule has 0 aromatic rings. The maximum atomic E-state index is 11.7. The molecule has 0 radical (unpaired) electrons. The number of hydrogen-bond donors (Lipinski definition) is 4. The quantitative estimate of drug-likeness (QED) is 0.474. The molecule has 6 nitrogen and oxygen atoms in total. The Labute approximate surface area is 152 Å². The van der Waals surface area contributed by atoms with Crippen molar-refractivity contribution in [3.05, 3.63) is 0 Å². The van der Waals surface area contributed by atoms with Gasteiger partial charge in [0.2, 0.25) is 5.91 Å². The molecular formula is C17H35ClN4O2. The van der Waals surface area contributed by atoms with E-state index in [2.05, 4.69) is 16.0 Å². The van der Waals surface area contributed by atoms with Gasteiger partial charge in [-0.1, -0.05) is 25.7 Å². The molecule has 5 N–H and O–H groups in total. The van der Waals surface area contributed by atoms with E-state index in [-0.39, 0.29) is 29.9 Å². The Kier molecular flexibility index (Phi) is 11.8. The van der Waals surface area contributed by atoms with Crippen molar-refractivity contribution in [2.75, 3.05) is 13.1 Å². The van der Waals surface area contributed by atoms with Crippen molar-refractivity contribution in [2.24, 2.45) is 5.73 Å². The normalized spacial score (nSPS) is 15.3. The fraction of sp³-hybridized carbons (Fsp3) is 0.882. The number of hydrogen-bond acceptors (Lipinski definition) is 3. The van der Waals surface area contributed by atoms with Crippen LogP contribution in [0.2, 0.25) is 0 Å². The van der Waals surface area contributed by atoms with Crippen molar-refractivity contribution in [3.63, 3.8) is 0 Å². The van der Waals surface area contributed by atoms with E-state index in [0.717, 1.165) is 32.1 Å². The zero-order valence-corrected chi connectivity index (χ0v) is 16.0. The van der Waals surface area contributed by atoms with E-state index in [9.17, 15) is 9.59 Å². The summed E-state index contributed by atoms with van der Waals surface area (Å²) in [7, 11) is 0. The summed E-state index contributed by atoms with van der Waals surface area (Å²) >= 11 is 0. The maximum absolute atomic E-state index is 11.7. The van der Waals surface area contributed by atoms with Crippen LogP contribution in [0.5, 0.6) is 0 Å². The van der Waals surface area contributed by atoms with Gasteiger partial charge in [-0.2, -0.15) is 0 Å². The van der Waals surface area contributed by atoms with E-state index < -0.39 is 0 Å². The average Bonchev–Trinajstić information content (AvgIpc) is 2.51. The number of urea groups is 1. The Morgan fingerprint density at radius 3 is 2.38 bits per heavy atom. The molecule has 0 unspecified atom stereocenters. The van der Waals surface area contributed by atoms with Crippen LogP contribution in [0.25, 0.3) is 0 Å². The van der Waals surface area contributed by atoms with Crippen LogP contribution in [-0.4, -0.2) is 36.6 Å². The molecule has 0 saturated heterocycles. The molecule has 0 bridgehead atoms. The largest absolute Gasteiger partial charge is 0.350 e. The summed E-state index contributed by atoms with van der Waals surface area (Å²) < 4.78 is 0. The first-order chi connectivity index (χ1) is 10.9. The van der Waals surface area contributed by atoms with E-state index in [1.54, 1.807) is 0 Å². The standard InChI is InChI=1S/C17H34N4O2.ClH/c1-17(2,13-18)21-15(22)11-7-4-8-12-19-16(23)20-14-9-5-3-6-10-14;/h14H,3-13,18H2,1-2H3,(H,21,22)(H2,19,20,23);1H. The third-order valence-corrected chi connectivity index (χ3v) is 4.29. The molecular weight excluding hydrogens is 328 g/mol. The number of unbranched alkanes of at least 4 members (excludes halogenated alkanes) is 2. The van der Waals surface area contributed by atoms with Gasteiger partial charge in [0.15, 0.2) is 0 Å². The molecule has 1 saturated carbocycles. The van der Waals surface area contributed by atoms with E-state index in [0.29, 0.717) is 25.6 Å². The van der Waals surface area contributed by atoms with E-state index >= 15 is 0 Å². The van der Waals surface area contributed by atoms with Crippen molar-refractivity contribution in [1.82, 2.24) is 16.0 Å². The fourth-order valence-corrected chi connectivity index (χ4v) is 2.76. The van der Waals surface area contributed by atoms with Gasteiger partial charge >= 0.3 is 6.03 Å². The number of rotatable bonds is 9. The lowest BCUT2D eigenvalue weighted by Crippen LogP contribution is -2.48. The first-order valence-electron chi connectivity index (χ1n) is 8.98. The van der Waals surface area contributed by atoms with Gasteiger partial charge in [-0.25, -0.2) is 4.79 Å². The number of nitrogens with two attached hydrogens (primary N) is 1. The Bertz CT molecular complexity index is 372. The van der Waals surface area contributed by atoms with Crippen LogP contribution >= 0.6 is 12.4 Å². The molecule has 0 aromatic heterocycles. The molecule has 0 spiro atoms. The molecule has 0 heterocycles. The number of carbonyl (C=O) groups excluding carboxylic acids is 2. The monoisotopic (exact) mass is 362 g/mol. The lowest BCUT2D eigenvalue weighted by Gasteiger charge is -2.24. The first kappa shape index (κ1) is 23.0. The highest BCUT2D eigenvalue weighted by Gasteiger charge is 2.17. The van der Waals surface area contributed by atoms with Gasteiger partial charge in [0.25, 0.3) is 0 Å².